The highest BCUT2D eigenvalue weighted by Crippen LogP contribution is 2.15. The van der Waals surface area contributed by atoms with E-state index >= 15 is 0 Å². The predicted octanol–water partition coefficient (Wildman–Crippen LogP) is 0.799. The highest BCUT2D eigenvalue weighted by molar-refractivity contribution is 6.02. The van der Waals surface area contributed by atoms with Crippen LogP contribution in [0.4, 0.5) is 5.69 Å². The summed E-state index contributed by atoms with van der Waals surface area (Å²) < 4.78 is 11.5. The Hall–Kier alpha value is -3.20. The second kappa shape index (κ2) is 9.14. The number of hydrogen-bond acceptors (Lipinski definition) is 6. The summed E-state index contributed by atoms with van der Waals surface area (Å²) in [6, 6.07) is 9.33. The lowest BCUT2D eigenvalue weighted by Gasteiger charge is -2.11. The molecule has 1 fully saturated rings. The maximum absolute atomic E-state index is 12.4. The van der Waals surface area contributed by atoms with Crippen molar-refractivity contribution in [3.8, 4) is 5.75 Å². The van der Waals surface area contributed by atoms with E-state index in [-0.39, 0.29) is 24.2 Å². The summed E-state index contributed by atoms with van der Waals surface area (Å²) >= 11 is 0. The first kappa shape index (κ1) is 19.6. The first-order chi connectivity index (χ1) is 13.5. The average Bonchev–Trinajstić information content (AvgIpc) is 3.22. The van der Waals surface area contributed by atoms with E-state index in [4.69, 9.17) is 9.47 Å². The molecule has 1 aromatic heterocycles. The number of carbonyl (C=O) groups is 2. The molecule has 1 aliphatic heterocycles. The molecule has 0 saturated carbocycles. The van der Waals surface area contributed by atoms with Gasteiger partial charge in [0.25, 0.3) is 11.5 Å². The van der Waals surface area contributed by atoms with Crippen molar-refractivity contribution in [2.24, 2.45) is 0 Å². The largest absolute Gasteiger partial charge is 0.497 e. The lowest BCUT2D eigenvalue weighted by atomic mass is 10.2. The smallest absolute Gasteiger partial charge is 0.276 e. The summed E-state index contributed by atoms with van der Waals surface area (Å²) in [6.45, 7) is 0.827. The highest BCUT2D eigenvalue weighted by Gasteiger charge is 2.17. The molecular weight excluding hydrogens is 364 g/mol. The molecule has 2 N–H and O–H groups in total. The third-order valence-electron chi connectivity index (χ3n) is 4.29. The van der Waals surface area contributed by atoms with Crippen molar-refractivity contribution in [3.05, 3.63) is 52.4 Å². The van der Waals surface area contributed by atoms with E-state index < -0.39 is 11.5 Å². The molecule has 9 heteroatoms. The van der Waals surface area contributed by atoms with Gasteiger partial charge in [-0.05, 0) is 43.2 Å². The number of hydrogen-bond donors (Lipinski definition) is 2. The molecule has 1 aromatic carbocycles. The third-order valence-corrected chi connectivity index (χ3v) is 4.29. The zero-order chi connectivity index (χ0) is 19.9. The molecule has 3 rings (SSSR count). The summed E-state index contributed by atoms with van der Waals surface area (Å²) in [5, 5.41) is 9.40. The zero-order valence-corrected chi connectivity index (χ0v) is 15.5. The normalized spacial score (nSPS) is 15.8. The SMILES string of the molecule is COc1ccc(NC(=O)c2ccc(=O)n(CC(=O)NCC3CCCO3)n2)cc1. The van der Waals surface area contributed by atoms with Gasteiger partial charge in [0, 0.05) is 24.9 Å². The Bertz CT molecular complexity index is 888. The molecule has 0 radical (unpaired) electrons. The summed E-state index contributed by atoms with van der Waals surface area (Å²) in [6.07, 6.45) is 1.89. The van der Waals surface area contributed by atoms with Gasteiger partial charge in [0.2, 0.25) is 5.91 Å². The lowest BCUT2D eigenvalue weighted by Crippen LogP contribution is -2.37. The Labute approximate surface area is 161 Å². The molecule has 2 amide bonds. The van der Waals surface area contributed by atoms with Crippen LogP contribution in [0.1, 0.15) is 23.3 Å². The Kier molecular flexibility index (Phi) is 6.38. The van der Waals surface area contributed by atoms with Gasteiger partial charge < -0.3 is 20.1 Å². The fraction of sp³-hybridized carbons (Fsp3) is 0.368. The van der Waals surface area contributed by atoms with Crippen molar-refractivity contribution in [3.63, 3.8) is 0 Å². The molecule has 1 unspecified atom stereocenters. The molecule has 2 aromatic rings. The van der Waals surface area contributed by atoms with Gasteiger partial charge >= 0.3 is 0 Å². The molecule has 0 bridgehead atoms. The molecular formula is C19H22N4O5. The Morgan fingerprint density at radius 1 is 1.25 bits per heavy atom. The quantitative estimate of drug-likeness (QED) is 0.728. The predicted molar refractivity (Wildman–Crippen MR) is 101 cm³/mol. The van der Waals surface area contributed by atoms with E-state index in [0.717, 1.165) is 17.5 Å². The third kappa shape index (κ3) is 5.17. The van der Waals surface area contributed by atoms with Crippen LogP contribution in [0.3, 0.4) is 0 Å². The molecule has 28 heavy (non-hydrogen) atoms. The number of methoxy groups -OCH3 is 1. The van der Waals surface area contributed by atoms with Gasteiger partial charge in [-0.15, -0.1) is 0 Å². The minimum absolute atomic E-state index is 0.00948. The number of aromatic nitrogens is 2. The first-order valence-corrected chi connectivity index (χ1v) is 8.97. The Morgan fingerprint density at radius 3 is 2.71 bits per heavy atom. The summed E-state index contributed by atoms with van der Waals surface area (Å²) in [7, 11) is 1.55. The Balaban J connectivity index is 1.61. The zero-order valence-electron chi connectivity index (χ0n) is 15.5. The van der Waals surface area contributed by atoms with E-state index in [1.54, 1.807) is 31.4 Å². The second-order valence-corrected chi connectivity index (χ2v) is 6.34. The van der Waals surface area contributed by atoms with Crippen molar-refractivity contribution in [1.82, 2.24) is 15.1 Å². The maximum Gasteiger partial charge on any atom is 0.276 e. The van der Waals surface area contributed by atoms with Crippen LogP contribution in [0.15, 0.2) is 41.2 Å². The molecule has 1 saturated heterocycles. The first-order valence-electron chi connectivity index (χ1n) is 8.97. The molecule has 9 nitrogen and oxygen atoms in total. The highest BCUT2D eigenvalue weighted by atomic mass is 16.5. The molecule has 148 valence electrons. The van der Waals surface area contributed by atoms with Gasteiger partial charge in [-0.3, -0.25) is 14.4 Å². The number of ether oxygens (including phenoxy) is 2. The number of nitrogens with one attached hydrogen (secondary N) is 2. The number of benzene rings is 1. The second-order valence-electron chi connectivity index (χ2n) is 6.34. The van der Waals surface area contributed by atoms with Gasteiger partial charge in [-0.1, -0.05) is 0 Å². The number of nitrogens with zero attached hydrogens (tertiary/aromatic N) is 2. The van der Waals surface area contributed by atoms with E-state index in [0.29, 0.717) is 24.6 Å². The number of carbonyl (C=O) groups excluding carboxylic acids is 2. The van der Waals surface area contributed by atoms with Crippen LogP contribution in [0.5, 0.6) is 5.75 Å². The summed E-state index contributed by atoms with van der Waals surface area (Å²) in [5.41, 5.74) is 0.121. The van der Waals surface area contributed by atoms with Crippen LogP contribution < -0.4 is 20.9 Å². The van der Waals surface area contributed by atoms with Crippen molar-refractivity contribution in [1.29, 1.82) is 0 Å². The van der Waals surface area contributed by atoms with Gasteiger partial charge in [-0.25, -0.2) is 4.68 Å². The van der Waals surface area contributed by atoms with E-state index in [9.17, 15) is 14.4 Å². The van der Waals surface area contributed by atoms with Crippen LogP contribution in [-0.2, 0) is 16.1 Å². The van der Waals surface area contributed by atoms with Gasteiger partial charge in [0.05, 0.1) is 13.2 Å². The van der Waals surface area contributed by atoms with Crippen molar-refractivity contribution in [2.75, 3.05) is 25.6 Å². The fourth-order valence-corrected chi connectivity index (χ4v) is 2.78. The summed E-state index contributed by atoms with van der Waals surface area (Å²) in [4.78, 5) is 36.4. The van der Waals surface area contributed by atoms with Crippen LogP contribution in [-0.4, -0.2) is 48.0 Å². The number of rotatable bonds is 7. The van der Waals surface area contributed by atoms with Crippen LogP contribution >= 0.6 is 0 Å². The molecule has 0 spiro atoms. The lowest BCUT2D eigenvalue weighted by molar-refractivity contribution is -0.122. The van der Waals surface area contributed by atoms with Gasteiger partial charge in [-0.2, -0.15) is 5.10 Å². The molecule has 1 aliphatic rings. The van der Waals surface area contributed by atoms with Crippen molar-refractivity contribution in [2.45, 2.75) is 25.5 Å². The number of amides is 2. The standard InChI is InChI=1S/C19H22N4O5/c1-27-14-6-4-13(5-7-14)21-19(26)16-8-9-18(25)23(22-16)12-17(24)20-11-15-3-2-10-28-15/h4-9,15H,2-3,10-12H2,1H3,(H,20,24)(H,21,26). The van der Waals surface area contributed by atoms with E-state index in [1.807, 2.05) is 0 Å². The summed E-state index contributed by atoms with van der Waals surface area (Å²) in [5.74, 6) is -0.185. The van der Waals surface area contributed by atoms with E-state index in [2.05, 4.69) is 15.7 Å². The van der Waals surface area contributed by atoms with Crippen molar-refractivity contribution >= 4 is 17.5 Å². The molecule has 1 atom stereocenters. The average molecular weight is 386 g/mol. The van der Waals surface area contributed by atoms with Gasteiger partial charge in [0.15, 0.2) is 0 Å². The minimum atomic E-state index is -0.487. The topological polar surface area (TPSA) is 112 Å². The molecule has 0 aliphatic carbocycles. The van der Waals surface area contributed by atoms with Crippen LogP contribution in [0, 0.1) is 0 Å². The monoisotopic (exact) mass is 386 g/mol. The number of anilines is 1. The van der Waals surface area contributed by atoms with Crippen LogP contribution in [0.2, 0.25) is 0 Å². The van der Waals surface area contributed by atoms with Gasteiger partial charge in [0.1, 0.15) is 18.0 Å². The molecule has 2 heterocycles. The fourth-order valence-electron chi connectivity index (χ4n) is 2.78. The van der Waals surface area contributed by atoms with Crippen LogP contribution in [0.25, 0.3) is 0 Å². The minimum Gasteiger partial charge on any atom is -0.497 e. The maximum atomic E-state index is 12.4. The van der Waals surface area contributed by atoms with E-state index in [1.165, 1.54) is 12.1 Å². The Morgan fingerprint density at radius 2 is 2.04 bits per heavy atom. The van der Waals surface area contributed by atoms with Crippen molar-refractivity contribution < 1.29 is 19.1 Å².